The van der Waals surface area contributed by atoms with Crippen molar-refractivity contribution in [3.63, 3.8) is 0 Å². The molecule has 1 saturated heterocycles. The number of nitrogens with zero attached hydrogens (tertiary/aromatic N) is 2. The van der Waals surface area contributed by atoms with Gasteiger partial charge in [-0.25, -0.2) is 9.78 Å². The summed E-state index contributed by atoms with van der Waals surface area (Å²) >= 11 is 1.21. The number of pyridine rings is 1. The van der Waals surface area contributed by atoms with Crippen LogP contribution in [0.5, 0.6) is 11.5 Å². The highest BCUT2D eigenvalue weighted by atomic mass is 32.2. The van der Waals surface area contributed by atoms with Gasteiger partial charge in [0.1, 0.15) is 53.3 Å². The number of hydrogen-bond donors (Lipinski definition) is 6. The van der Waals surface area contributed by atoms with E-state index in [2.05, 4.69) is 9.98 Å². The number of carboxylic acid groups (broad SMARTS) is 1. The predicted molar refractivity (Wildman–Crippen MR) is 128 cm³/mol. The number of carbonyl (C=O) groups is 1. The third-order valence-electron chi connectivity index (χ3n) is 5.57. The van der Waals surface area contributed by atoms with Gasteiger partial charge in [0.25, 0.3) is 0 Å². The number of ether oxygens (including phenoxy) is 5. The smallest absolute Gasteiger partial charge is 0.332 e. The molecule has 3 heterocycles. The van der Waals surface area contributed by atoms with Crippen LogP contribution in [0.2, 0.25) is 0 Å². The highest BCUT2D eigenvalue weighted by Gasteiger charge is 2.44. The minimum atomic E-state index is -1.50. The standard InChI is InChI=1S/C22H32N2O12S/c1-22(21(30)31)11-37-19(24-22)15-13(26)8-12(9-23-15)34-6-4-32-2-3-33-5-7-35-20-18(29)17(28)16(27)14(10-25)36-20/h8-9,14,16-18,20,25-29H,2-7,10-11H2,1H3,(H,30,31)/t14?,16-,17?,18+,20-,22-/m1/s1. The molecular formula is C22H32N2O12S. The molecule has 3 rings (SSSR count). The summed E-state index contributed by atoms with van der Waals surface area (Å²) in [5, 5.41) is 58.4. The zero-order valence-electron chi connectivity index (χ0n) is 20.1. The molecule has 208 valence electrons. The minimum absolute atomic E-state index is 0.0404. The van der Waals surface area contributed by atoms with E-state index in [1.807, 2.05) is 0 Å². The van der Waals surface area contributed by atoms with Crippen LogP contribution in [-0.4, -0.2) is 135 Å². The average molecular weight is 549 g/mol. The molecule has 0 amide bonds. The summed E-state index contributed by atoms with van der Waals surface area (Å²) in [6.07, 6.45) is -5.23. The lowest BCUT2D eigenvalue weighted by atomic mass is 9.99. The third kappa shape index (κ3) is 7.72. The number of aliphatic imine (C=N–C) groups is 1. The molecule has 2 aliphatic rings. The Morgan fingerprint density at radius 2 is 1.78 bits per heavy atom. The first-order valence-electron chi connectivity index (χ1n) is 11.5. The average Bonchev–Trinajstić information content (AvgIpc) is 3.28. The van der Waals surface area contributed by atoms with Crippen LogP contribution in [0, 0.1) is 0 Å². The fraction of sp³-hybridized carbons (Fsp3) is 0.682. The van der Waals surface area contributed by atoms with Crippen LogP contribution in [0.3, 0.4) is 0 Å². The summed E-state index contributed by atoms with van der Waals surface area (Å²) in [6.45, 7) is 2.12. The predicted octanol–water partition coefficient (Wildman–Crippen LogP) is -1.65. The minimum Gasteiger partial charge on any atom is -0.505 e. The van der Waals surface area contributed by atoms with Crippen molar-refractivity contribution in [2.45, 2.75) is 43.2 Å². The van der Waals surface area contributed by atoms with Gasteiger partial charge >= 0.3 is 5.97 Å². The second kappa shape index (κ2) is 13.6. The van der Waals surface area contributed by atoms with Gasteiger partial charge in [-0.3, -0.25) is 4.99 Å². The number of rotatable bonds is 14. The van der Waals surface area contributed by atoms with Gasteiger partial charge in [-0.2, -0.15) is 0 Å². The van der Waals surface area contributed by atoms with Crippen LogP contribution < -0.4 is 4.74 Å². The Kier molecular flexibility index (Phi) is 10.9. The first-order valence-corrected chi connectivity index (χ1v) is 12.5. The maximum Gasteiger partial charge on any atom is 0.332 e. The molecule has 6 N–H and O–H groups in total. The van der Waals surface area contributed by atoms with E-state index in [0.717, 1.165) is 0 Å². The summed E-state index contributed by atoms with van der Waals surface area (Å²) in [7, 11) is 0. The van der Waals surface area contributed by atoms with E-state index < -0.39 is 48.8 Å². The first kappa shape index (κ1) is 29.5. The van der Waals surface area contributed by atoms with E-state index in [-0.39, 0.29) is 56.8 Å². The van der Waals surface area contributed by atoms with E-state index in [1.54, 1.807) is 0 Å². The largest absolute Gasteiger partial charge is 0.505 e. The van der Waals surface area contributed by atoms with Crippen molar-refractivity contribution in [2.75, 3.05) is 52.0 Å². The number of thioether (sulfide) groups is 1. The molecule has 0 radical (unpaired) electrons. The van der Waals surface area contributed by atoms with Gasteiger partial charge in [-0.05, 0) is 6.92 Å². The highest BCUT2D eigenvalue weighted by molar-refractivity contribution is 8.14. The Balaban J connectivity index is 1.26. The SMILES string of the molecule is C[C@]1(C(=O)O)CSC(c2ncc(OCCOCCOCCO[C@@H]3OC(CO)[C@@H](O)C(O)[C@@H]3O)cc2O)=N1. The number of carboxylic acids is 1. The molecular weight excluding hydrogens is 516 g/mol. The molecule has 2 aliphatic heterocycles. The molecule has 0 saturated carbocycles. The van der Waals surface area contributed by atoms with Crippen LogP contribution in [0.4, 0.5) is 0 Å². The summed E-state index contributed by atoms with van der Waals surface area (Å²) in [6, 6.07) is 1.38. The van der Waals surface area contributed by atoms with Crippen molar-refractivity contribution in [1.82, 2.24) is 4.98 Å². The van der Waals surface area contributed by atoms with E-state index >= 15 is 0 Å². The second-order valence-corrected chi connectivity index (χ2v) is 9.43. The van der Waals surface area contributed by atoms with E-state index in [4.69, 9.17) is 28.8 Å². The first-order chi connectivity index (χ1) is 17.7. The second-order valence-electron chi connectivity index (χ2n) is 8.46. The van der Waals surface area contributed by atoms with Crippen molar-refractivity contribution in [2.24, 2.45) is 4.99 Å². The number of hydrogen-bond acceptors (Lipinski definition) is 14. The molecule has 37 heavy (non-hydrogen) atoms. The van der Waals surface area contributed by atoms with Crippen molar-refractivity contribution in [1.29, 1.82) is 0 Å². The molecule has 1 aromatic rings. The van der Waals surface area contributed by atoms with E-state index in [0.29, 0.717) is 10.8 Å². The van der Waals surface area contributed by atoms with Gasteiger partial charge in [0.15, 0.2) is 11.8 Å². The molecule has 0 aliphatic carbocycles. The molecule has 0 spiro atoms. The highest BCUT2D eigenvalue weighted by Crippen LogP contribution is 2.34. The lowest BCUT2D eigenvalue weighted by Gasteiger charge is -2.39. The van der Waals surface area contributed by atoms with Crippen molar-refractivity contribution in [3.8, 4) is 11.5 Å². The molecule has 0 bridgehead atoms. The Hall–Kier alpha value is -2.08. The monoisotopic (exact) mass is 548 g/mol. The van der Waals surface area contributed by atoms with Crippen LogP contribution >= 0.6 is 11.8 Å². The molecule has 15 heteroatoms. The summed E-state index contributed by atoms with van der Waals surface area (Å²) in [4.78, 5) is 19.6. The van der Waals surface area contributed by atoms with Crippen molar-refractivity contribution in [3.05, 3.63) is 18.0 Å². The maximum atomic E-state index is 11.3. The lowest BCUT2D eigenvalue weighted by Crippen LogP contribution is -2.59. The maximum absolute atomic E-state index is 11.3. The Labute approximate surface area is 216 Å². The van der Waals surface area contributed by atoms with Crippen LogP contribution in [0.1, 0.15) is 12.6 Å². The Morgan fingerprint density at radius 1 is 1.11 bits per heavy atom. The lowest BCUT2D eigenvalue weighted by molar-refractivity contribution is -0.302. The van der Waals surface area contributed by atoms with E-state index in [9.17, 15) is 30.3 Å². The zero-order valence-corrected chi connectivity index (χ0v) is 21.0. The zero-order chi connectivity index (χ0) is 27.0. The number of aromatic hydroxyl groups is 1. The van der Waals surface area contributed by atoms with Crippen LogP contribution in [0.15, 0.2) is 17.3 Å². The van der Waals surface area contributed by atoms with Crippen molar-refractivity contribution >= 4 is 22.8 Å². The molecule has 6 atom stereocenters. The number of aliphatic hydroxyl groups excluding tert-OH is 4. The molecule has 14 nitrogen and oxygen atoms in total. The van der Waals surface area contributed by atoms with Gasteiger partial charge < -0.3 is 54.3 Å². The van der Waals surface area contributed by atoms with Crippen LogP contribution in [-0.2, 0) is 23.7 Å². The molecule has 1 fully saturated rings. The quantitative estimate of drug-likeness (QED) is 0.144. The number of aromatic nitrogens is 1. The fourth-order valence-corrected chi connectivity index (χ4v) is 4.54. The third-order valence-corrected chi connectivity index (χ3v) is 6.84. The summed E-state index contributed by atoms with van der Waals surface area (Å²) in [5.41, 5.74) is -1.05. The van der Waals surface area contributed by atoms with Gasteiger partial charge in [0, 0.05) is 11.8 Å². The summed E-state index contributed by atoms with van der Waals surface area (Å²) in [5.74, 6) is -0.639. The number of aliphatic hydroxyl groups is 4. The van der Waals surface area contributed by atoms with E-state index in [1.165, 1.54) is 30.9 Å². The van der Waals surface area contributed by atoms with Crippen LogP contribution in [0.25, 0.3) is 0 Å². The number of aliphatic carboxylic acids is 1. The molecule has 1 aromatic heterocycles. The van der Waals surface area contributed by atoms with Crippen molar-refractivity contribution < 1.29 is 59.1 Å². The Bertz CT molecular complexity index is 935. The molecule has 0 aromatic carbocycles. The fourth-order valence-electron chi connectivity index (χ4n) is 3.38. The normalized spacial score (nSPS) is 29.8. The van der Waals surface area contributed by atoms with Gasteiger partial charge in [-0.1, -0.05) is 0 Å². The topological polar surface area (TPSA) is 210 Å². The van der Waals surface area contributed by atoms with Gasteiger partial charge in [0.05, 0.1) is 45.8 Å². The van der Waals surface area contributed by atoms with Gasteiger partial charge in [-0.15, -0.1) is 11.8 Å². The van der Waals surface area contributed by atoms with Gasteiger partial charge in [0.2, 0.25) is 0 Å². The molecule has 2 unspecified atom stereocenters. The Morgan fingerprint density at radius 3 is 2.41 bits per heavy atom. The summed E-state index contributed by atoms with van der Waals surface area (Å²) < 4.78 is 26.8.